The molecule has 0 aromatic heterocycles. The highest BCUT2D eigenvalue weighted by Crippen LogP contribution is 2.39. The van der Waals surface area contributed by atoms with Gasteiger partial charge in [-0.15, -0.1) is 0 Å². The van der Waals surface area contributed by atoms with Crippen molar-refractivity contribution in [1.82, 2.24) is 0 Å². The molecule has 0 bridgehead atoms. The second-order valence-corrected chi connectivity index (χ2v) is 5.91. The van der Waals surface area contributed by atoms with Crippen molar-refractivity contribution in [3.63, 3.8) is 0 Å². The lowest BCUT2D eigenvalue weighted by molar-refractivity contribution is 0.102. The SMILES string of the molecule is COc1cc(NC(=O)c2cc(OC)c(OC)c(OC)c2)c(OC)cc1Br. The lowest BCUT2D eigenvalue weighted by Crippen LogP contribution is -2.13. The maximum atomic E-state index is 12.7. The number of carbonyl (C=O) groups is 1. The Kier molecular flexibility index (Phi) is 6.57. The molecule has 0 unspecified atom stereocenters. The van der Waals surface area contributed by atoms with E-state index in [1.54, 1.807) is 24.3 Å². The van der Waals surface area contributed by atoms with Crippen LogP contribution < -0.4 is 29.0 Å². The third-order valence-corrected chi connectivity index (χ3v) is 4.27. The highest BCUT2D eigenvalue weighted by atomic mass is 79.9. The summed E-state index contributed by atoms with van der Waals surface area (Å²) in [6, 6.07) is 6.51. The predicted molar refractivity (Wildman–Crippen MR) is 101 cm³/mol. The van der Waals surface area contributed by atoms with E-state index in [1.165, 1.54) is 35.5 Å². The van der Waals surface area contributed by atoms with Crippen LogP contribution in [0.3, 0.4) is 0 Å². The number of hydrogen-bond donors (Lipinski definition) is 1. The Bertz CT molecular complexity index is 784. The molecule has 7 nitrogen and oxygen atoms in total. The number of nitrogens with one attached hydrogen (secondary N) is 1. The maximum absolute atomic E-state index is 12.7. The summed E-state index contributed by atoms with van der Waals surface area (Å²) >= 11 is 3.38. The minimum Gasteiger partial charge on any atom is -0.495 e. The number of anilines is 1. The molecule has 0 saturated heterocycles. The summed E-state index contributed by atoms with van der Waals surface area (Å²) in [5.74, 6) is 1.86. The second kappa shape index (κ2) is 8.66. The van der Waals surface area contributed by atoms with E-state index >= 15 is 0 Å². The molecule has 0 saturated carbocycles. The number of halogens is 1. The van der Waals surface area contributed by atoms with Crippen LogP contribution in [0.5, 0.6) is 28.7 Å². The number of rotatable bonds is 7. The van der Waals surface area contributed by atoms with Gasteiger partial charge in [0.1, 0.15) is 11.5 Å². The van der Waals surface area contributed by atoms with Crippen molar-refractivity contribution in [3.8, 4) is 28.7 Å². The molecule has 2 rings (SSSR count). The number of hydrogen-bond acceptors (Lipinski definition) is 6. The van der Waals surface area contributed by atoms with Gasteiger partial charge in [0.2, 0.25) is 5.75 Å². The van der Waals surface area contributed by atoms with Crippen LogP contribution in [0.2, 0.25) is 0 Å². The van der Waals surface area contributed by atoms with E-state index in [4.69, 9.17) is 23.7 Å². The van der Waals surface area contributed by atoms with Gasteiger partial charge < -0.3 is 29.0 Å². The molecule has 2 aromatic carbocycles. The number of benzene rings is 2. The molecule has 26 heavy (non-hydrogen) atoms. The number of ether oxygens (including phenoxy) is 5. The molecular weight excluding hydrogens is 406 g/mol. The lowest BCUT2D eigenvalue weighted by atomic mass is 10.1. The summed E-state index contributed by atoms with van der Waals surface area (Å²) in [5, 5.41) is 2.80. The van der Waals surface area contributed by atoms with E-state index in [2.05, 4.69) is 21.2 Å². The number of methoxy groups -OCH3 is 5. The van der Waals surface area contributed by atoms with Gasteiger partial charge in [0.05, 0.1) is 45.7 Å². The molecule has 140 valence electrons. The first-order chi connectivity index (χ1) is 12.5. The summed E-state index contributed by atoms with van der Waals surface area (Å²) in [4.78, 5) is 12.7. The zero-order chi connectivity index (χ0) is 19.3. The molecule has 0 aliphatic rings. The van der Waals surface area contributed by atoms with E-state index in [0.29, 0.717) is 44.5 Å². The van der Waals surface area contributed by atoms with Crippen molar-refractivity contribution in [2.24, 2.45) is 0 Å². The summed E-state index contributed by atoms with van der Waals surface area (Å²) in [6.07, 6.45) is 0. The van der Waals surface area contributed by atoms with Crippen LogP contribution in [0, 0.1) is 0 Å². The van der Waals surface area contributed by atoms with E-state index in [-0.39, 0.29) is 5.91 Å². The van der Waals surface area contributed by atoms with Gasteiger partial charge in [-0.25, -0.2) is 0 Å². The van der Waals surface area contributed by atoms with Gasteiger partial charge in [0.15, 0.2) is 11.5 Å². The zero-order valence-corrected chi connectivity index (χ0v) is 16.7. The van der Waals surface area contributed by atoms with Gasteiger partial charge in [0, 0.05) is 17.7 Å². The van der Waals surface area contributed by atoms with Crippen molar-refractivity contribution < 1.29 is 28.5 Å². The molecule has 0 fully saturated rings. The zero-order valence-electron chi connectivity index (χ0n) is 15.1. The maximum Gasteiger partial charge on any atom is 0.256 e. The largest absolute Gasteiger partial charge is 0.495 e. The van der Waals surface area contributed by atoms with Crippen molar-refractivity contribution in [2.75, 3.05) is 40.9 Å². The first-order valence-electron chi connectivity index (χ1n) is 7.51. The lowest BCUT2D eigenvalue weighted by Gasteiger charge is -2.16. The topological polar surface area (TPSA) is 75.3 Å². The predicted octanol–water partition coefficient (Wildman–Crippen LogP) is 3.74. The monoisotopic (exact) mass is 425 g/mol. The van der Waals surface area contributed by atoms with Gasteiger partial charge in [-0.3, -0.25) is 4.79 Å². The summed E-state index contributed by atoms with van der Waals surface area (Å²) in [7, 11) is 7.53. The molecular formula is C18H20BrNO6. The van der Waals surface area contributed by atoms with Crippen LogP contribution in [-0.4, -0.2) is 41.5 Å². The fourth-order valence-corrected chi connectivity index (χ4v) is 2.85. The number of carbonyl (C=O) groups excluding carboxylic acids is 1. The fraction of sp³-hybridized carbons (Fsp3) is 0.278. The van der Waals surface area contributed by atoms with Gasteiger partial charge in [-0.05, 0) is 28.1 Å². The highest BCUT2D eigenvalue weighted by molar-refractivity contribution is 9.10. The van der Waals surface area contributed by atoms with Crippen LogP contribution in [0.4, 0.5) is 5.69 Å². The van der Waals surface area contributed by atoms with E-state index in [9.17, 15) is 4.79 Å². The summed E-state index contributed by atoms with van der Waals surface area (Å²) in [6.45, 7) is 0. The normalized spacial score (nSPS) is 10.1. The van der Waals surface area contributed by atoms with Crippen LogP contribution in [-0.2, 0) is 0 Å². The molecule has 0 spiro atoms. The van der Waals surface area contributed by atoms with Crippen molar-refractivity contribution in [1.29, 1.82) is 0 Å². The van der Waals surface area contributed by atoms with Crippen molar-refractivity contribution in [2.45, 2.75) is 0 Å². The Morgan fingerprint density at radius 3 is 1.77 bits per heavy atom. The van der Waals surface area contributed by atoms with Crippen LogP contribution in [0.25, 0.3) is 0 Å². The van der Waals surface area contributed by atoms with Crippen LogP contribution >= 0.6 is 15.9 Å². The van der Waals surface area contributed by atoms with Crippen molar-refractivity contribution >= 4 is 27.5 Å². The van der Waals surface area contributed by atoms with Gasteiger partial charge in [0.25, 0.3) is 5.91 Å². The summed E-state index contributed by atoms with van der Waals surface area (Å²) in [5.41, 5.74) is 0.801. The third-order valence-electron chi connectivity index (χ3n) is 3.65. The van der Waals surface area contributed by atoms with E-state index < -0.39 is 0 Å². The minimum absolute atomic E-state index is 0.337. The van der Waals surface area contributed by atoms with Crippen molar-refractivity contribution in [3.05, 3.63) is 34.3 Å². The highest BCUT2D eigenvalue weighted by Gasteiger charge is 2.19. The Balaban J connectivity index is 2.42. The fourth-order valence-electron chi connectivity index (χ4n) is 2.36. The second-order valence-electron chi connectivity index (χ2n) is 5.06. The molecule has 0 radical (unpaired) electrons. The molecule has 8 heteroatoms. The summed E-state index contributed by atoms with van der Waals surface area (Å²) < 4.78 is 27.1. The molecule has 0 heterocycles. The van der Waals surface area contributed by atoms with Crippen LogP contribution in [0.1, 0.15) is 10.4 Å². The smallest absolute Gasteiger partial charge is 0.256 e. The van der Waals surface area contributed by atoms with E-state index in [1.807, 2.05) is 0 Å². The molecule has 1 amide bonds. The van der Waals surface area contributed by atoms with Gasteiger partial charge >= 0.3 is 0 Å². The Morgan fingerprint density at radius 2 is 1.31 bits per heavy atom. The van der Waals surface area contributed by atoms with Crippen LogP contribution in [0.15, 0.2) is 28.7 Å². The third kappa shape index (κ3) is 3.96. The standard InChI is InChI=1S/C18H20BrNO6/c1-22-13-9-12(14(23-2)8-11(13)19)20-18(21)10-6-15(24-3)17(26-5)16(7-10)25-4/h6-9H,1-5H3,(H,20,21). The average molecular weight is 426 g/mol. The molecule has 0 atom stereocenters. The molecule has 1 N–H and O–H groups in total. The van der Waals surface area contributed by atoms with E-state index in [0.717, 1.165) is 0 Å². The molecule has 0 aliphatic carbocycles. The quantitative estimate of drug-likeness (QED) is 0.727. The molecule has 0 aliphatic heterocycles. The molecule has 2 aromatic rings. The average Bonchev–Trinajstić information content (AvgIpc) is 2.67. The minimum atomic E-state index is -0.369. The number of amides is 1. The Labute approximate surface area is 160 Å². The Morgan fingerprint density at radius 1 is 0.769 bits per heavy atom. The first kappa shape index (κ1) is 19.7. The Hall–Kier alpha value is -2.61. The first-order valence-corrected chi connectivity index (χ1v) is 8.31. The van der Waals surface area contributed by atoms with Gasteiger partial charge in [-0.2, -0.15) is 0 Å². The van der Waals surface area contributed by atoms with Gasteiger partial charge in [-0.1, -0.05) is 0 Å².